The number of benzene rings is 2. The minimum Gasteiger partial charge on any atom is -0.493 e. The van der Waals surface area contributed by atoms with Gasteiger partial charge in [-0.05, 0) is 55.5 Å². The lowest BCUT2D eigenvalue weighted by Crippen LogP contribution is -2.20. The molecule has 4 nitrogen and oxygen atoms in total. The first kappa shape index (κ1) is 21.8. The number of halogens is 1. The van der Waals surface area contributed by atoms with E-state index in [0.717, 1.165) is 56.4 Å². The second-order valence-corrected chi connectivity index (χ2v) is 9.50. The Kier molecular flexibility index (Phi) is 6.88. The van der Waals surface area contributed by atoms with Crippen LogP contribution >= 0.6 is 27.3 Å². The van der Waals surface area contributed by atoms with E-state index < -0.39 is 0 Å². The fraction of sp³-hybridized carbons (Fsp3) is 0.280. The summed E-state index contributed by atoms with van der Waals surface area (Å²) in [5, 5.41) is 0.739. The van der Waals surface area contributed by atoms with Crippen LogP contribution in [0.4, 0.5) is 0 Å². The standard InChI is InChI=1S/C25H25BrN2O2S/c1-3-21-22(18-10-12-19(26)13-11-18)23-24(31-21)27-16-28(25(23)29)14-6-7-15-30-20-9-5-4-8-17(20)2/h4-5,8-13,16H,3,6-7,14-15H2,1-2H3. The number of fused-ring (bicyclic) bond motifs is 1. The summed E-state index contributed by atoms with van der Waals surface area (Å²) in [7, 11) is 0. The number of para-hydroxylation sites is 1. The molecule has 31 heavy (non-hydrogen) atoms. The second-order valence-electron chi connectivity index (χ2n) is 7.51. The number of nitrogens with zero attached hydrogens (tertiary/aromatic N) is 2. The van der Waals surface area contributed by atoms with Crippen molar-refractivity contribution in [3.8, 4) is 16.9 Å². The van der Waals surface area contributed by atoms with Crippen molar-refractivity contribution in [2.75, 3.05) is 6.61 Å². The topological polar surface area (TPSA) is 44.1 Å². The van der Waals surface area contributed by atoms with Crippen LogP contribution < -0.4 is 10.3 Å². The Morgan fingerprint density at radius 3 is 2.61 bits per heavy atom. The average Bonchev–Trinajstić information content (AvgIpc) is 3.16. The van der Waals surface area contributed by atoms with E-state index in [2.05, 4.69) is 40.0 Å². The predicted molar refractivity (Wildman–Crippen MR) is 132 cm³/mol. The van der Waals surface area contributed by atoms with Gasteiger partial charge in [-0.15, -0.1) is 11.3 Å². The van der Waals surface area contributed by atoms with E-state index in [9.17, 15) is 4.79 Å². The fourth-order valence-electron chi connectivity index (χ4n) is 3.69. The normalized spacial score (nSPS) is 11.2. The van der Waals surface area contributed by atoms with Crippen LogP contribution in [0.25, 0.3) is 21.3 Å². The van der Waals surface area contributed by atoms with Crippen molar-refractivity contribution < 1.29 is 4.74 Å². The maximum atomic E-state index is 13.3. The summed E-state index contributed by atoms with van der Waals surface area (Å²) in [5.74, 6) is 0.923. The summed E-state index contributed by atoms with van der Waals surface area (Å²) < 4.78 is 8.64. The summed E-state index contributed by atoms with van der Waals surface area (Å²) in [6.45, 7) is 5.44. The van der Waals surface area contributed by atoms with Crippen LogP contribution in [0.5, 0.6) is 5.75 Å². The van der Waals surface area contributed by atoms with E-state index in [4.69, 9.17) is 4.74 Å². The molecular weight excluding hydrogens is 472 g/mol. The highest BCUT2D eigenvalue weighted by Gasteiger charge is 2.18. The first-order valence-corrected chi connectivity index (χ1v) is 12.1. The Morgan fingerprint density at radius 2 is 1.87 bits per heavy atom. The number of unbranched alkanes of at least 4 members (excludes halogenated alkanes) is 1. The molecule has 0 unspecified atom stereocenters. The zero-order valence-electron chi connectivity index (χ0n) is 17.7. The molecule has 0 atom stereocenters. The van der Waals surface area contributed by atoms with Gasteiger partial charge in [0.1, 0.15) is 10.6 Å². The van der Waals surface area contributed by atoms with Gasteiger partial charge in [-0.2, -0.15) is 0 Å². The van der Waals surface area contributed by atoms with Gasteiger partial charge in [0.15, 0.2) is 0 Å². The molecule has 0 saturated carbocycles. The first-order valence-electron chi connectivity index (χ1n) is 10.5. The molecule has 4 rings (SSSR count). The Morgan fingerprint density at radius 1 is 1.10 bits per heavy atom. The molecule has 0 aliphatic heterocycles. The van der Waals surface area contributed by atoms with E-state index in [1.54, 1.807) is 22.2 Å². The third-order valence-electron chi connectivity index (χ3n) is 5.35. The number of thiophene rings is 1. The van der Waals surface area contributed by atoms with E-state index in [-0.39, 0.29) is 5.56 Å². The highest BCUT2D eigenvalue weighted by atomic mass is 79.9. The van der Waals surface area contributed by atoms with Gasteiger partial charge in [-0.25, -0.2) is 4.98 Å². The van der Waals surface area contributed by atoms with Gasteiger partial charge >= 0.3 is 0 Å². The van der Waals surface area contributed by atoms with Crippen molar-refractivity contribution in [1.29, 1.82) is 0 Å². The van der Waals surface area contributed by atoms with Gasteiger partial charge in [0.05, 0.1) is 18.3 Å². The number of hydrogen-bond acceptors (Lipinski definition) is 4. The van der Waals surface area contributed by atoms with Gasteiger partial charge in [0.2, 0.25) is 0 Å². The number of aromatic nitrogens is 2. The molecule has 2 aromatic carbocycles. The zero-order chi connectivity index (χ0) is 21.8. The Balaban J connectivity index is 1.52. The van der Waals surface area contributed by atoms with Crippen LogP contribution in [0.15, 0.2) is 64.1 Å². The zero-order valence-corrected chi connectivity index (χ0v) is 20.1. The first-order chi connectivity index (χ1) is 15.1. The number of ether oxygens (including phenoxy) is 1. The monoisotopic (exact) mass is 496 g/mol. The molecule has 0 radical (unpaired) electrons. The van der Waals surface area contributed by atoms with Gasteiger partial charge in [-0.1, -0.05) is 53.2 Å². The molecule has 0 saturated heterocycles. The van der Waals surface area contributed by atoms with Gasteiger partial charge in [0.25, 0.3) is 5.56 Å². The molecule has 0 amide bonds. The molecular formula is C25H25BrN2O2S. The molecule has 0 bridgehead atoms. The third kappa shape index (κ3) is 4.75. The van der Waals surface area contributed by atoms with Crippen molar-refractivity contribution in [3.63, 3.8) is 0 Å². The quantitative estimate of drug-likeness (QED) is 0.257. The van der Waals surface area contributed by atoms with Crippen LogP contribution in [0.2, 0.25) is 0 Å². The minimum absolute atomic E-state index is 0.0405. The Labute approximate surface area is 194 Å². The molecule has 6 heteroatoms. The molecule has 2 heterocycles. The van der Waals surface area contributed by atoms with E-state index in [1.165, 1.54) is 4.88 Å². The molecule has 0 N–H and O–H groups in total. The summed E-state index contributed by atoms with van der Waals surface area (Å²) in [6.07, 6.45) is 4.30. The molecule has 0 aliphatic carbocycles. The van der Waals surface area contributed by atoms with Crippen LogP contribution in [-0.2, 0) is 13.0 Å². The third-order valence-corrected chi connectivity index (χ3v) is 7.12. The molecule has 2 aromatic heterocycles. The van der Waals surface area contributed by atoms with E-state index >= 15 is 0 Å². The maximum absolute atomic E-state index is 13.3. The predicted octanol–water partition coefficient (Wildman–Crippen LogP) is 6.62. The van der Waals surface area contributed by atoms with E-state index in [1.807, 2.05) is 43.3 Å². The van der Waals surface area contributed by atoms with Crippen molar-refractivity contribution >= 4 is 37.5 Å². The molecule has 0 spiro atoms. The largest absolute Gasteiger partial charge is 0.493 e. The van der Waals surface area contributed by atoms with E-state index in [0.29, 0.717) is 13.2 Å². The smallest absolute Gasteiger partial charge is 0.262 e. The number of rotatable bonds is 8. The van der Waals surface area contributed by atoms with Crippen molar-refractivity contribution in [1.82, 2.24) is 9.55 Å². The summed E-state index contributed by atoms with van der Waals surface area (Å²) in [5.41, 5.74) is 3.27. The van der Waals surface area contributed by atoms with Gasteiger partial charge < -0.3 is 4.74 Å². The fourth-order valence-corrected chi connectivity index (χ4v) is 5.04. The van der Waals surface area contributed by atoms with Crippen LogP contribution in [0.3, 0.4) is 0 Å². The highest BCUT2D eigenvalue weighted by molar-refractivity contribution is 9.10. The molecule has 0 aliphatic rings. The van der Waals surface area contributed by atoms with Gasteiger partial charge in [0, 0.05) is 21.5 Å². The maximum Gasteiger partial charge on any atom is 0.262 e. The van der Waals surface area contributed by atoms with Crippen LogP contribution in [-0.4, -0.2) is 16.2 Å². The number of aryl methyl sites for hydroxylation is 3. The molecule has 4 aromatic rings. The van der Waals surface area contributed by atoms with Crippen LogP contribution in [0, 0.1) is 6.92 Å². The minimum atomic E-state index is 0.0405. The highest BCUT2D eigenvalue weighted by Crippen LogP contribution is 2.36. The Hall–Kier alpha value is -2.44. The lowest BCUT2D eigenvalue weighted by Gasteiger charge is -2.09. The van der Waals surface area contributed by atoms with Gasteiger partial charge in [-0.3, -0.25) is 9.36 Å². The van der Waals surface area contributed by atoms with Crippen molar-refractivity contribution in [3.05, 3.63) is 80.1 Å². The van der Waals surface area contributed by atoms with Crippen molar-refractivity contribution in [2.24, 2.45) is 0 Å². The number of hydrogen-bond donors (Lipinski definition) is 0. The molecule has 0 fully saturated rings. The lowest BCUT2D eigenvalue weighted by atomic mass is 10.0. The second kappa shape index (κ2) is 9.79. The summed E-state index contributed by atoms with van der Waals surface area (Å²) in [6, 6.07) is 16.2. The summed E-state index contributed by atoms with van der Waals surface area (Å²) >= 11 is 5.11. The SMILES string of the molecule is CCc1sc2ncn(CCCCOc3ccccc3C)c(=O)c2c1-c1ccc(Br)cc1. The Bertz CT molecular complexity index is 1240. The average molecular weight is 497 g/mol. The molecule has 160 valence electrons. The summed E-state index contributed by atoms with van der Waals surface area (Å²) in [4.78, 5) is 20.0. The van der Waals surface area contributed by atoms with Crippen molar-refractivity contribution in [2.45, 2.75) is 39.7 Å². The lowest BCUT2D eigenvalue weighted by molar-refractivity contribution is 0.301. The van der Waals surface area contributed by atoms with Crippen LogP contribution in [0.1, 0.15) is 30.2 Å².